The summed E-state index contributed by atoms with van der Waals surface area (Å²) in [6, 6.07) is 3.16. The first-order valence-corrected chi connectivity index (χ1v) is 9.21. The van der Waals surface area contributed by atoms with Crippen molar-refractivity contribution in [3.63, 3.8) is 0 Å². The van der Waals surface area contributed by atoms with E-state index in [1.54, 1.807) is 0 Å². The maximum Gasteiger partial charge on any atom is 0.256 e. The van der Waals surface area contributed by atoms with Crippen LogP contribution >= 0.6 is 12.4 Å². The number of amides is 2. The number of carbonyl (C=O) groups excluding carboxylic acids is 2. The molecule has 0 saturated carbocycles. The third-order valence-corrected chi connectivity index (χ3v) is 5.43. The largest absolute Gasteiger partial charge is 0.353 e. The fourth-order valence-electron chi connectivity index (χ4n) is 3.71. The number of carbonyl (C=O) groups is 2. The molecule has 0 aliphatic carbocycles. The van der Waals surface area contributed by atoms with E-state index >= 15 is 0 Å². The van der Waals surface area contributed by atoms with Gasteiger partial charge in [0.15, 0.2) is 0 Å². The van der Waals surface area contributed by atoms with Crippen molar-refractivity contribution in [2.24, 2.45) is 11.8 Å². The molecule has 2 aliphatic rings. The highest BCUT2D eigenvalue weighted by Gasteiger charge is 2.31. The van der Waals surface area contributed by atoms with E-state index in [1.165, 1.54) is 11.0 Å². The lowest BCUT2D eigenvalue weighted by Gasteiger charge is -2.34. The number of likely N-dealkylation sites (tertiary alicyclic amines) is 1. The van der Waals surface area contributed by atoms with Crippen molar-refractivity contribution in [2.75, 3.05) is 26.2 Å². The van der Waals surface area contributed by atoms with Crippen LogP contribution in [-0.2, 0) is 4.79 Å². The Labute approximate surface area is 164 Å². The molecule has 0 spiro atoms. The number of nitrogens with zero attached hydrogens (tertiary/aromatic N) is 1. The van der Waals surface area contributed by atoms with Crippen LogP contribution < -0.4 is 10.6 Å². The van der Waals surface area contributed by atoms with Crippen LogP contribution in [0.2, 0.25) is 0 Å². The minimum Gasteiger partial charge on any atom is -0.353 e. The normalized spacial score (nSPS) is 23.4. The van der Waals surface area contributed by atoms with Crippen LogP contribution in [0.5, 0.6) is 0 Å². The molecule has 3 rings (SSSR count). The van der Waals surface area contributed by atoms with E-state index in [9.17, 15) is 18.4 Å². The quantitative estimate of drug-likeness (QED) is 0.817. The molecule has 2 aliphatic heterocycles. The maximum atomic E-state index is 13.8. The van der Waals surface area contributed by atoms with Gasteiger partial charge in [-0.05, 0) is 50.4 Å². The molecule has 1 aromatic carbocycles. The van der Waals surface area contributed by atoms with Crippen molar-refractivity contribution in [3.05, 3.63) is 35.4 Å². The number of hydrogen-bond acceptors (Lipinski definition) is 3. The zero-order chi connectivity index (χ0) is 18.7. The van der Waals surface area contributed by atoms with E-state index in [2.05, 4.69) is 17.6 Å². The highest BCUT2D eigenvalue weighted by atomic mass is 35.5. The van der Waals surface area contributed by atoms with Gasteiger partial charge in [-0.2, -0.15) is 0 Å². The molecule has 8 heteroatoms. The van der Waals surface area contributed by atoms with E-state index < -0.39 is 17.5 Å². The van der Waals surface area contributed by atoms with Crippen molar-refractivity contribution in [3.8, 4) is 0 Å². The third-order valence-electron chi connectivity index (χ3n) is 5.43. The third kappa shape index (κ3) is 5.17. The summed E-state index contributed by atoms with van der Waals surface area (Å²) >= 11 is 0. The van der Waals surface area contributed by atoms with Gasteiger partial charge in [-0.1, -0.05) is 6.92 Å². The first-order valence-electron chi connectivity index (χ1n) is 9.21. The molecule has 27 heavy (non-hydrogen) atoms. The predicted molar refractivity (Wildman–Crippen MR) is 101 cm³/mol. The van der Waals surface area contributed by atoms with Gasteiger partial charge in [0.05, 0.1) is 5.56 Å². The van der Waals surface area contributed by atoms with Gasteiger partial charge in [0.2, 0.25) is 5.91 Å². The van der Waals surface area contributed by atoms with E-state index in [4.69, 9.17) is 0 Å². The molecule has 0 bridgehead atoms. The minimum absolute atomic E-state index is 0. The number of nitrogens with one attached hydrogen (secondary N) is 2. The van der Waals surface area contributed by atoms with E-state index in [-0.39, 0.29) is 35.8 Å². The Bertz CT molecular complexity index is 681. The maximum absolute atomic E-state index is 13.8. The zero-order valence-electron chi connectivity index (χ0n) is 15.3. The van der Waals surface area contributed by atoms with Gasteiger partial charge in [-0.3, -0.25) is 9.59 Å². The molecule has 2 saturated heterocycles. The summed E-state index contributed by atoms with van der Waals surface area (Å²) in [5, 5.41) is 6.45. The molecule has 0 aromatic heterocycles. The van der Waals surface area contributed by atoms with Gasteiger partial charge in [0.25, 0.3) is 5.91 Å². The summed E-state index contributed by atoms with van der Waals surface area (Å²) in [5.74, 6) is -1.69. The first kappa shape index (κ1) is 21.6. The molecule has 0 radical (unpaired) electrons. The Morgan fingerprint density at radius 2 is 1.89 bits per heavy atom. The Morgan fingerprint density at radius 3 is 2.52 bits per heavy atom. The van der Waals surface area contributed by atoms with Crippen LogP contribution in [-0.4, -0.2) is 48.9 Å². The molecule has 2 heterocycles. The first-order chi connectivity index (χ1) is 12.5. The Balaban J connectivity index is 0.00000261. The summed E-state index contributed by atoms with van der Waals surface area (Å²) in [7, 11) is 0. The highest BCUT2D eigenvalue weighted by molar-refractivity contribution is 5.94. The zero-order valence-corrected chi connectivity index (χ0v) is 16.2. The van der Waals surface area contributed by atoms with Crippen LogP contribution in [0.4, 0.5) is 8.78 Å². The van der Waals surface area contributed by atoms with Crippen molar-refractivity contribution in [2.45, 2.75) is 32.2 Å². The number of hydrogen-bond donors (Lipinski definition) is 2. The van der Waals surface area contributed by atoms with Crippen molar-refractivity contribution < 1.29 is 18.4 Å². The van der Waals surface area contributed by atoms with Gasteiger partial charge in [-0.25, -0.2) is 8.78 Å². The second-order valence-corrected chi connectivity index (χ2v) is 7.28. The molecule has 150 valence electrons. The van der Waals surface area contributed by atoms with Gasteiger partial charge in [0.1, 0.15) is 11.6 Å². The Kier molecular flexibility index (Phi) is 7.56. The minimum atomic E-state index is -0.852. The summed E-state index contributed by atoms with van der Waals surface area (Å²) in [5.41, 5.74) is -0.127. The summed E-state index contributed by atoms with van der Waals surface area (Å²) in [6.45, 7) is 4.73. The fraction of sp³-hybridized carbons (Fsp3) is 0.579. The van der Waals surface area contributed by atoms with E-state index in [1.807, 2.05) is 0 Å². The van der Waals surface area contributed by atoms with Gasteiger partial charge in [-0.15, -0.1) is 12.4 Å². The molecular weight excluding hydrogens is 376 g/mol. The lowest BCUT2D eigenvalue weighted by Crippen LogP contribution is -2.51. The standard InChI is InChI=1S/C19H25F2N3O2.ClH/c1-12-11-22-7-4-17(12)23-18(25)13-5-8-24(9-6-13)19(26)15-3-2-14(20)10-16(15)21;/h2-3,10,12-13,17,22H,4-9,11H2,1H3,(H,23,25);1H. The van der Waals surface area contributed by atoms with Crippen LogP contribution in [0.1, 0.15) is 36.5 Å². The van der Waals surface area contributed by atoms with E-state index in [0.29, 0.717) is 37.9 Å². The second kappa shape index (κ2) is 9.46. The lowest BCUT2D eigenvalue weighted by molar-refractivity contribution is -0.127. The topological polar surface area (TPSA) is 61.4 Å². The summed E-state index contributed by atoms with van der Waals surface area (Å²) < 4.78 is 26.8. The number of piperidine rings is 2. The molecule has 2 atom stereocenters. The van der Waals surface area contributed by atoms with Crippen LogP contribution in [0.15, 0.2) is 18.2 Å². The number of halogens is 3. The Hall–Kier alpha value is -1.73. The van der Waals surface area contributed by atoms with E-state index in [0.717, 1.165) is 25.6 Å². The van der Waals surface area contributed by atoms with Gasteiger partial charge in [0, 0.05) is 31.1 Å². The molecule has 2 unspecified atom stereocenters. The van der Waals surface area contributed by atoms with Crippen LogP contribution in [0.25, 0.3) is 0 Å². The van der Waals surface area contributed by atoms with Crippen LogP contribution in [0, 0.1) is 23.5 Å². The molecule has 1 aromatic rings. The average molecular weight is 402 g/mol. The molecule has 2 N–H and O–H groups in total. The number of benzene rings is 1. The molecule has 2 fully saturated rings. The SMILES string of the molecule is CC1CNCCC1NC(=O)C1CCN(C(=O)c2ccc(F)cc2F)CC1.Cl. The van der Waals surface area contributed by atoms with Gasteiger partial charge < -0.3 is 15.5 Å². The van der Waals surface area contributed by atoms with Crippen molar-refractivity contribution >= 4 is 24.2 Å². The molecule has 2 amide bonds. The van der Waals surface area contributed by atoms with Crippen molar-refractivity contribution in [1.29, 1.82) is 0 Å². The average Bonchev–Trinajstić information content (AvgIpc) is 2.63. The second-order valence-electron chi connectivity index (χ2n) is 7.28. The monoisotopic (exact) mass is 401 g/mol. The van der Waals surface area contributed by atoms with Crippen molar-refractivity contribution in [1.82, 2.24) is 15.5 Å². The number of rotatable bonds is 3. The smallest absolute Gasteiger partial charge is 0.256 e. The lowest BCUT2D eigenvalue weighted by atomic mass is 9.91. The summed E-state index contributed by atoms with van der Waals surface area (Å²) in [6.07, 6.45) is 2.04. The van der Waals surface area contributed by atoms with Gasteiger partial charge >= 0.3 is 0 Å². The highest BCUT2D eigenvalue weighted by Crippen LogP contribution is 2.22. The summed E-state index contributed by atoms with van der Waals surface area (Å²) in [4.78, 5) is 26.5. The predicted octanol–water partition coefficient (Wildman–Crippen LogP) is 2.35. The molecule has 5 nitrogen and oxygen atoms in total. The Morgan fingerprint density at radius 1 is 1.19 bits per heavy atom. The fourth-order valence-corrected chi connectivity index (χ4v) is 3.71. The van der Waals surface area contributed by atoms with Crippen LogP contribution in [0.3, 0.4) is 0 Å². The molecular formula is C19H26ClF2N3O2.